The molecule has 2 saturated heterocycles. The van der Waals surface area contributed by atoms with E-state index in [4.69, 9.17) is 4.74 Å². The molecule has 2 unspecified atom stereocenters. The highest BCUT2D eigenvalue weighted by molar-refractivity contribution is 6.01. The average molecular weight is 1550 g/mol. The molecule has 32 heteroatoms. The Morgan fingerprint density at radius 1 is 0.670 bits per heavy atom. The van der Waals surface area contributed by atoms with Crippen LogP contribution in [0.1, 0.15) is 196 Å². The van der Waals surface area contributed by atoms with Crippen LogP contribution >= 0.6 is 0 Å². The summed E-state index contributed by atoms with van der Waals surface area (Å²) in [6.07, 6.45) is -7.96. The molecule has 5 aliphatic carbocycles. The van der Waals surface area contributed by atoms with Gasteiger partial charge in [-0.1, -0.05) is 72.5 Å². The van der Waals surface area contributed by atoms with Gasteiger partial charge in [-0.15, -0.1) is 0 Å². The molecule has 25 nitrogen and oxygen atoms in total. The van der Waals surface area contributed by atoms with Crippen molar-refractivity contribution >= 4 is 70.9 Å². The van der Waals surface area contributed by atoms with E-state index in [1.165, 1.54) is 78.7 Å². The molecule has 5 saturated carbocycles. The molecule has 0 aromatic carbocycles. The number of alkyl halides is 7. The Kier molecular flexibility index (Phi) is 29.3. The first kappa shape index (κ1) is 87.4. The van der Waals surface area contributed by atoms with Gasteiger partial charge < -0.3 is 64.8 Å². The Balaban J connectivity index is 1.22. The molecule has 3 aliphatic heterocycles. The van der Waals surface area contributed by atoms with Crippen molar-refractivity contribution in [1.82, 2.24) is 60.0 Å². The summed E-state index contributed by atoms with van der Waals surface area (Å²) in [7, 11) is 9.71. The topological polar surface area (TPSA) is 279 Å². The third-order valence-corrected chi connectivity index (χ3v) is 24.5. The number of amides is 12. The minimum atomic E-state index is -5.21. The maximum Gasteiger partial charge on any atom is 0.397 e. The van der Waals surface area contributed by atoms with Gasteiger partial charge in [-0.2, -0.15) is 13.2 Å². The fourth-order valence-electron chi connectivity index (χ4n) is 18.0. The Bertz CT molecular complexity index is 3310. The predicted octanol–water partition coefficient (Wildman–Crippen LogP) is 6.73. The molecular weight excluding hydrogens is 1430 g/mol. The maximum atomic E-state index is 15.8. The van der Waals surface area contributed by atoms with E-state index in [2.05, 4.69) is 16.0 Å². The molecule has 0 aromatic heterocycles. The van der Waals surface area contributed by atoms with Gasteiger partial charge in [-0.25, -0.2) is 17.6 Å². The van der Waals surface area contributed by atoms with Crippen LogP contribution < -0.4 is 16.0 Å². The minimum Gasteiger partial charge on any atom is -0.377 e. The highest BCUT2D eigenvalue weighted by Crippen LogP contribution is 2.50. The molecule has 1 spiro atoms. The first-order valence-electron chi connectivity index (χ1n) is 39.4. The molecule has 2 bridgehead atoms. The van der Waals surface area contributed by atoms with Crippen LogP contribution in [-0.2, 0) is 62.3 Å². The zero-order valence-electron chi connectivity index (χ0n) is 66.0. The van der Waals surface area contributed by atoms with Crippen LogP contribution in [0.15, 0.2) is 12.2 Å². The molecule has 0 aromatic rings. The number of hydrogen-bond donors (Lipinski definition) is 3. The largest absolute Gasteiger partial charge is 0.397 e. The highest BCUT2D eigenvalue weighted by Gasteiger charge is 2.60. The standard InChI is InChI=1S/C77H119F7N12O13/c1-14-22-54-65(100)86-63(45(4)15-2)71(106)95(49-27-28-49)42-61(99)91(11)55-25-18-17-21-34-94(70(55)105)58(37-46-30-32-76(80,81)33-31-46)69(104)89(9)41-59(97)85-53(29-26-47-35-51(78)62(52(79)36-47)77(82,83)84)67(102)96-40-50(109-16-3)38-56(96)66(101)87-75(43-74(5,6)44-75)73(108)93(13)64(48-23-19-20-24-48)72(107)92(12)57(68(103)88(7)8)39-60(98)90(54)10/h17-18,45-58,62-64H,14-16,19-44H2,1-13H3,(H,85,97)(H,86,100)(H,87,101)/b18-17-/t45-,47?,50+,51?,52?,53-,54-,55-,56-,57-,58-,62?,63-,64-/m0/s1. The van der Waals surface area contributed by atoms with Gasteiger partial charge >= 0.3 is 6.18 Å². The van der Waals surface area contributed by atoms with E-state index in [-0.39, 0.29) is 83.9 Å². The fourth-order valence-corrected chi connectivity index (χ4v) is 18.0. The zero-order valence-corrected chi connectivity index (χ0v) is 66.0. The number of nitrogens with zero attached hydrogens (tertiary/aromatic N) is 9. The number of rotatable bonds is 14. The Hall–Kier alpha value is -7.15. The van der Waals surface area contributed by atoms with Gasteiger partial charge in [0.05, 0.1) is 19.1 Å². The summed E-state index contributed by atoms with van der Waals surface area (Å²) in [6.45, 7) is 9.06. The summed E-state index contributed by atoms with van der Waals surface area (Å²) in [4.78, 5) is 194. The lowest BCUT2D eigenvalue weighted by atomic mass is 9.58. The number of carbonyl (C=O) groups excluding carboxylic acids is 12. The third kappa shape index (κ3) is 21.0. The molecule has 8 aliphatic rings. The maximum absolute atomic E-state index is 15.8. The lowest BCUT2D eigenvalue weighted by molar-refractivity contribution is -0.219. The number of nitrogens with one attached hydrogen (secondary N) is 3. The smallest absolute Gasteiger partial charge is 0.377 e. The summed E-state index contributed by atoms with van der Waals surface area (Å²) in [5, 5.41) is 8.58. The van der Waals surface area contributed by atoms with E-state index >= 15 is 42.3 Å². The van der Waals surface area contributed by atoms with Gasteiger partial charge in [-0.3, -0.25) is 57.5 Å². The van der Waals surface area contributed by atoms with Gasteiger partial charge in [0.25, 0.3) is 0 Å². The van der Waals surface area contributed by atoms with Crippen LogP contribution in [-0.4, -0.2) is 288 Å². The first-order valence-corrected chi connectivity index (χ1v) is 39.4. The van der Waals surface area contributed by atoms with E-state index in [9.17, 15) is 45.9 Å². The van der Waals surface area contributed by atoms with E-state index < -0.39 is 248 Å². The molecule has 109 heavy (non-hydrogen) atoms. The van der Waals surface area contributed by atoms with Crippen molar-refractivity contribution < 1.29 is 93.0 Å². The van der Waals surface area contributed by atoms with Crippen LogP contribution in [0.4, 0.5) is 30.7 Å². The molecule has 3 N–H and O–H groups in total. The average Bonchev–Trinajstić information content (AvgIpc) is 1.12. The summed E-state index contributed by atoms with van der Waals surface area (Å²) >= 11 is 0. The minimum absolute atomic E-state index is 0.0242. The van der Waals surface area contributed by atoms with E-state index in [0.29, 0.717) is 51.4 Å². The second-order valence-electron chi connectivity index (χ2n) is 33.5. The zero-order chi connectivity index (χ0) is 80.7. The van der Waals surface area contributed by atoms with E-state index in [0.717, 1.165) is 14.7 Å². The third-order valence-electron chi connectivity index (χ3n) is 24.5. The van der Waals surface area contributed by atoms with Crippen LogP contribution in [0.2, 0.25) is 0 Å². The van der Waals surface area contributed by atoms with Crippen molar-refractivity contribution in [2.45, 2.75) is 286 Å². The number of ether oxygens (including phenoxy) is 1. The van der Waals surface area contributed by atoms with Crippen LogP contribution in [0.25, 0.3) is 0 Å². The number of likely N-dealkylation sites (N-methyl/N-ethyl adjacent to an activating group) is 6. The van der Waals surface area contributed by atoms with Crippen molar-refractivity contribution in [1.29, 1.82) is 0 Å². The Morgan fingerprint density at radius 2 is 1.30 bits per heavy atom. The summed E-state index contributed by atoms with van der Waals surface area (Å²) < 4.78 is 109. The molecule has 614 valence electrons. The molecule has 3 heterocycles. The van der Waals surface area contributed by atoms with Crippen molar-refractivity contribution in [3.63, 3.8) is 0 Å². The van der Waals surface area contributed by atoms with Crippen molar-refractivity contribution in [2.75, 3.05) is 82.1 Å². The fraction of sp³-hybridized carbons (Fsp3) is 0.818. The van der Waals surface area contributed by atoms with Crippen molar-refractivity contribution in [3.05, 3.63) is 12.2 Å². The van der Waals surface area contributed by atoms with Gasteiger partial charge in [0.2, 0.25) is 76.8 Å². The second-order valence-corrected chi connectivity index (χ2v) is 33.5. The second kappa shape index (κ2) is 36.6. The monoisotopic (exact) mass is 1550 g/mol. The number of fused-ring (bicyclic) bond motifs is 3. The van der Waals surface area contributed by atoms with Gasteiger partial charge in [0.15, 0.2) is 0 Å². The number of carbonyl (C=O) groups is 12. The molecule has 8 rings (SSSR count). The lowest BCUT2D eigenvalue weighted by Gasteiger charge is -2.54. The molecule has 12 amide bonds. The van der Waals surface area contributed by atoms with Crippen molar-refractivity contribution in [3.8, 4) is 0 Å². The predicted molar refractivity (Wildman–Crippen MR) is 388 cm³/mol. The van der Waals surface area contributed by atoms with Gasteiger partial charge in [0, 0.05) is 94.3 Å². The Labute approximate surface area is 636 Å². The van der Waals surface area contributed by atoms with Crippen LogP contribution in [0, 0.1) is 35.0 Å². The summed E-state index contributed by atoms with van der Waals surface area (Å²) in [5.41, 5.74) is -2.34. The SMILES string of the molecule is CCC[C@H]1C(=O)N[C@@H]([C@@H](C)CC)C(=O)N(C2CC2)CC(=O)N(C)[C@H]2C/C=C\CCN(C2=O)[C@@H](CC2CCC(F)(F)CC2)C(=O)N(C)CC(=O)N[C@@H](CCC2CC(F)C(C(F)(F)F)C(F)C2)C(=O)N2C[C@H](OCC)C[C@H]2C(=O)NC2(CC(C)(C)C2)C(=O)N(C)[C@@H](C2CCCC2)C(=O)N(C)[C@H](C(=O)N(C)C)CC(=O)N1C. The highest BCUT2D eigenvalue weighted by atomic mass is 19.4. The van der Waals surface area contributed by atoms with Gasteiger partial charge in [-0.05, 0) is 139 Å². The Morgan fingerprint density at radius 3 is 1.87 bits per heavy atom. The van der Waals surface area contributed by atoms with Crippen LogP contribution in [0.5, 0.6) is 0 Å². The lowest BCUT2D eigenvalue weighted by Crippen LogP contribution is -2.71. The molecular formula is C77H119F7N12O13. The molecule has 0 radical (unpaired) electrons. The molecule has 12 atom stereocenters. The normalized spacial score (nSPS) is 32.1. The summed E-state index contributed by atoms with van der Waals surface area (Å²) in [5.74, 6) is -17.7. The van der Waals surface area contributed by atoms with Gasteiger partial charge in [0.1, 0.15) is 78.7 Å². The summed E-state index contributed by atoms with van der Waals surface area (Å²) in [6, 6.07) is -11.6. The quantitative estimate of drug-likeness (QED) is 0.120. The number of hydrogen-bond acceptors (Lipinski definition) is 13. The van der Waals surface area contributed by atoms with E-state index in [1.54, 1.807) is 32.9 Å². The molecule has 7 fully saturated rings. The van der Waals surface area contributed by atoms with Crippen molar-refractivity contribution in [2.24, 2.45) is 35.0 Å². The van der Waals surface area contributed by atoms with Crippen LogP contribution in [0.3, 0.4) is 0 Å². The number of halogens is 7. The van der Waals surface area contributed by atoms with E-state index in [1.807, 2.05) is 20.8 Å². The first-order chi connectivity index (χ1) is 51.1.